The summed E-state index contributed by atoms with van der Waals surface area (Å²) in [6, 6.07) is 6.20. The van der Waals surface area contributed by atoms with Crippen LogP contribution in [-0.4, -0.2) is 76.3 Å². The Balaban J connectivity index is 1.57. The van der Waals surface area contributed by atoms with Crippen LogP contribution in [0.2, 0.25) is 0 Å². The molecule has 2 atom stereocenters. The number of ether oxygens (including phenoxy) is 2. The summed E-state index contributed by atoms with van der Waals surface area (Å²) in [5, 5.41) is 11.6. The SMILES string of the molecule is CC(C)(C)OC[C@H](NC(=O)Cc1ccc(CCCCn2ccnc2)cc1)C(=O)N[C@@H](CCCCNC(=O)OC(C)(C)C)C(=O)NCCC1CCCCC1. The summed E-state index contributed by atoms with van der Waals surface area (Å²) in [7, 11) is 0. The van der Waals surface area contributed by atoms with E-state index in [0.717, 1.165) is 37.8 Å². The Morgan fingerprint density at radius 1 is 0.811 bits per heavy atom. The molecule has 53 heavy (non-hydrogen) atoms. The number of alkyl carbamates (subject to hydrolysis) is 1. The molecule has 1 aromatic heterocycles. The molecule has 0 spiro atoms. The Morgan fingerprint density at radius 2 is 1.53 bits per heavy atom. The number of carbonyl (C=O) groups excluding carboxylic acids is 4. The van der Waals surface area contributed by atoms with Crippen LogP contribution in [0.4, 0.5) is 4.79 Å². The van der Waals surface area contributed by atoms with E-state index in [4.69, 9.17) is 9.47 Å². The molecule has 1 aliphatic rings. The van der Waals surface area contributed by atoms with Gasteiger partial charge in [0.05, 0.1) is 25.0 Å². The molecule has 12 nitrogen and oxygen atoms in total. The molecule has 1 heterocycles. The van der Waals surface area contributed by atoms with Crippen LogP contribution >= 0.6 is 0 Å². The predicted molar refractivity (Wildman–Crippen MR) is 207 cm³/mol. The van der Waals surface area contributed by atoms with Crippen molar-refractivity contribution in [2.75, 3.05) is 19.7 Å². The third kappa shape index (κ3) is 19.1. The summed E-state index contributed by atoms with van der Waals surface area (Å²) in [4.78, 5) is 56.7. The van der Waals surface area contributed by atoms with Gasteiger partial charge in [0.25, 0.3) is 0 Å². The second kappa shape index (κ2) is 22.3. The Bertz CT molecular complexity index is 1380. The molecular weight excluding hydrogens is 672 g/mol. The van der Waals surface area contributed by atoms with Gasteiger partial charge in [-0.05, 0) is 104 Å². The first-order valence-electron chi connectivity index (χ1n) is 19.7. The largest absolute Gasteiger partial charge is 0.444 e. The van der Waals surface area contributed by atoms with Crippen molar-refractivity contribution in [3.63, 3.8) is 0 Å². The first kappa shape index (κ1) is 43.5. The van der Waals surface area contributed by atoms with E-state index in [1.807, 2.05) is 57.6 Å². The van der Waals surface area contributed by atoms with Gasteiger partial charge in [0.2, 0.25) is 17.7 Å². The van der Waals surface area contributed by atoms with Gasteiger partial charge in [-0.2, -0.15) is 0 Å². The van der Waals surface area contributed by atoms with Crippen LogP contribution in [0.15, 0.2) is 43.0 Å². The summed E-state index contributed by atoms with van der Waals surface area (Å²) in [5.41, 5.74) is 0.911. The highest BCUT2D eigenvalue weighted by Crippen LogP contribution is 2.25. The van der Waals surface area contributed by atoms with Crippen molar-refractivity contribution in [1.82, 2.24) is 30.8 Å². The molecule has 1 saturated carbocycles. The number of aromatic nitrogens is 2. The highest BCUT2D eigenvalue weighted by atomic mass is 16.6. The summed E-state index contributed by atoms with van der Waals surface area (Å²) in [6.45, 7) is 12.9. The Hall–Kier alpha value is -3.93. The number of rotatable bonds is 21. The third-order valence-electron chi connectivity index (χ3n) is 9.21. The third-order valence-corrected chi connectivity index (χ3v) is 9.21. The van der Waals surface area contributed by atoms with Gasteiger partial charge in [-0.3, -0.25) is 14.4 Å². The summed E-state index contributed by atoms with van der Waals surface area (Å²) >= 11 is 0. The zero-order valence-corrected chi connectivity index (χ0v) is 33.1. The van der Waals surface area contributed by atoms with Crippen molar-refractivity contribution in [1.29, 1.82) is 0 Å². The minimum atomic E-state index is -0.997. The topological polar surface area (TPSA) is 153 Å². The fraction of sp³-hybridized carbons (Fsp3) is 0.683. The van der Waals surface area contributed by atoms with Crippen LogP contribution in [0.1, 0.15) is 123 Å². The lowest BCUT2D eigenvalue weighted by molar-refractivity contribution is -0.134. The van der Waals surface area contributed by atoms with Crippen molar-refractivity contribution < 1.29 is 28.7 Å². The fourth-order valence-corrected chi connectivity index (χ4v) is 6.33. The van der Waals surface area contributed by atoms with Crippen molar-refractivity contribution in [2.24, 2.45) is 5.92 Å². The molecule has 4 amide bonds. The highest BCUT2D eigenvalue weighted by Gasteiger charge is 2.28. The van der Waals surface area contributed by atoms with Gasteiger partial charge in [0.1, 0.15) is 17.7 Å². The standard InChI is InChI=1S/C41H66N6O6/c1-40(2,3)52-29-35(45-36(48)28-33-20-18-32(19-21-33)16-11-13-26-47-27-25-42-30-47)38(50)46-34(17-10-12-23-44-39(51)53-41(4,5)6)37(49)43-24-22-31-14-8-7-9-15-31/h18-21,25,27,30-31,34-35H,7-17,22-24,26,28-29H2,1-6H3,(H,43,49)(H,44,51)(H,45,48)(H,46,50)/t34-,35-/m0/s1. The molecule has 0 unspecified atom stereocenters. The lowest BCUT2D eigenvalue weighted by Crippen LogP contribution is -2.56. The van der Waals surface area contributed by atoms with Crippen molar-refractivity contribution >= 4 is 23.8 Å². The molecule has 4 N–H and O–H groups in total. The fourth-order valence-electron chi connectivity index (χ4n) is 6.33. The van der Waals surface area contributed by atoms with E-state index in [9.17, 15) is 19.2 Å². The molecule has 296 valence electrons. The van der Waals surface area contributed by atoms with Crippen LogP contribution < -0.4 is 21.3 Å². The number of benzene rings is 1. The normalized spacial score (nSPS) is 14.9. The maximum absolute atomic E-state index is 13.8. The Morgan fingerprint density at radius 3 is 2.19 bits per heavy atom. The van der Waals surface area contributed by atoms with Gasteiger partial charge in [-0.15, -0.1) is 0 Å². The van der Waals surface area contributed by atoms with Crippen LogP contribution in [0.3, 0.4) is 0 Å². The summed E-state index contributed by atoms with van der Waals surface area (Å²) in [5.74, 6) is -0.428. The van der Waals surface area contributed by atoms with E-state index in [1.165, 1.54) is 37.7 Å². The average Bonchev–Trinajstić information content (AvgIpc) is 3.61. The van der Waals surface area contributed by atoms with Gasteiger partial charge in [-0.25, -0.2) is 9.78 Å². The molecule has 0 radical (unpaired) electrons. The molecule has 1 aliphatic carbocycles. The smallest absolute Gasteiger partial charge is 0.407 e. The first-order valence-corrected chi connectivity index (χ1v) is 19.7. The Labute approximate surface area is 317 Å². The number of imidazole rings is 1. The van der Waals surface area contributed by atoms with E-state index in [0.29, 0.717) is 38.3 Å². The number of carbonyl (C=O) groups is 4. The van der Waals surface area contributed by atoms with Crippen molar-refractivity contribution in [3.05, 3.63) is 54.1 Å². The molecule has 0 saturated heterocycles. The van der Waals surface area contributed by atoms with Gasteiger partial charge < -0.3 is 35.3 Å². The second-order valence-corrected chi connectivity index (χ2v) is 16.4. The molecule has 1 fully saturated rings. The predicted octanol–water partition coefficient (Wildman–Crippen LogP) is 6.01. The molecule has 0 bridgehead atoms. The zero-order chi connectivity index (χ0) is 38.7. The maximum atomic E-state index is 13.8. The lowest BCUT2D eigenvalue weighted by Gasteiger charge is -2.27. The van der Waals surface area contributed by atoms with E-state index >= 15 is 0 Å². The van der Waals surface area contributed by atoms with Crippen molar-refractivity contribution in [2.45, 2.75) is 155 Å². The zero-order valence-electron chi connectivity index (χ0n) is 33.1. The number of hydrogen-bond donors (Lipinski definition) is 4. The minimum absolute atomic E-state index is 0.0467. The van der Waals surface area contributed by atoms with Crippen LogP contribution in [0.5, 0.6) is 0 Å². The van der Waals surface area contributed by atoms with Gasteiger partial charge in [0, 0.05) is 32.0 Å². The number of hydrogen-bond acceptors (Lipinski definition) is 7. The summed E-state index contributed by atoms with van der Waals surface area (Å²) < 4.78 is 13.3. The number of aryl methyl sites for hydroxylation is 2. The highest BCUT2D eigenvalue weighted by molar-refractivity contribution is 5.92. The molecular formula is C41H66N6O6. The quantitative estimate of drug-likeness (QED) is 0.114. The number of nitrogens with one attached hydrogen (secondary N) is 4. The number of amides is 4. The van der Waals surface area contributed by atoms with E-state index in [2.05, 4.69) is 30.8 Å². The van der Waals surface area contributed by atoms with Crippen molar-refractivity contribution in [3.8, 4) is 0 Å². The van der Waals surface area contributed by atoms with E-state index in [-0.39, 0.29) is 24.8 Å². The number of unbranched alkanes of at least 4 members (excludes halogenated alkanes) is 2. The van der Waals surface area contributed by atoms with E-state index < -0.39 is 35.3 Å². The first-order chi connectivity index (χ1) is 25.2. The second-order valence-electron chi connectivity index (χ2n) is 16.4. The summed E-state index contributed by atoms with van der Waals surface area (Å²) in [6.07, 6.45) is 16.8. The van der Waals surface area contributed by atoms with Crippen LogP contribution in [0.25, 0.3) is 0 Å². The monoisotopic (exact) mass is 739 g/mol. The van der Waals surface area contributed by atoms with Crippen LogP contribution in [-0.2, 0) is 43.2 Å². The molecule has 3 rings (SSSR count). The Kier molecular flexibility index (Phi) is 18.3. The molecule has 2 aromatic rings. The average molecular weight is 739 g/mol. The molecule has 12 heteroatoms. The van der Waals surface area contributed by atoms with Crippen LogP contribution in [0, 0.1) is 5.92 Å². The maximum Gasteiger partial charge on any atom is 0.407 e. The van der Waals surface area contributed by atoms with E-state index in [1.54, 1.807) is 27.0 Å². The van der Waals surface area contributed by atoms with Gasteiger partial charge >= 0.3 is 6.09 Å². The molecule has 0 aliphatic heterocycles. The minimum Gasteiger partial charge on any atom is -0.444 e. The molecule has 1 aromatic carbocycles. The lowest BCUT2D eigenvalue weighted by atomic mass is 9.87. The van der Waals surface area contributed by atoms with Gasteiger partial charge in [-0.1, -0.05) is 56.4 Å². The number of nitrogens with zero attached hydrogens (tertiary/aromatic N) is 2. The van der Waals surface area contributed by atoms with Gasteiger partial charge in [0.15, 0.2) is 0 Å².